The molecular formula is C18H22ClN3O2S. The van der Waals surface area contributed by atoms with Crippen LogP contribution in [0.3, 0.4) is 0 Å². The summed E-state index contributed by atoms with van der Waals surface area (Å²) in [6, 6.07) is 7.69. The number of nitrogens with zero attached hydrogens (tertiary/aromatic N) is 3. The minimum atomic E-state index is -0.460. The average Bonchev–Trinajstić information content (AvgIpc) is 3.00. The lowest BCUT2D eigenvalue weighted by molar-refractivity contribution is 0.0289. The Bertz CT molecular complexity index is 778. The number of aromatic nitrogens is 2. The molecule has 2 aromatic rings. The maximum Gasteiger partial charge on any atom is 0.410 e. The summed E-state index contributed by atoms with van der Waals surface area (Å²) in [5, 5.41) is 1.18. The first-order chi connectivity index (χ1) is 11.8. The van der Waals surface area contributed by atoms with Crippen molar-refractivity contribution in [3.8, 4) is 0 Å². The molecule has 1 saturated heterocycles. The van der Waals surface area contributed by atoms with Crippen LogP contribution in [0.4, 0.5) is 4.79 Å². The Kier molecular flexibility index (Phi) is 5.39. The van der Waals surface area contributed by atoms with Crippen molar-refractivity contribution in [3.63, 3.8) is 0 Å². The van der Waals surface area contributed by atoms with Gasteiger partial charge in [-0.3, -0.25) is 0 Å². The summed E-state index contributed by atoms with van der Waals surface area (Å²) in [5.74, 6) is 1.26. The summed E-state index contributed by atoms with van der Waals surface area (Å²) >= 11 is 7.86. The summed E-state index contributed by atoms with van der Waals surface area (Å²) in [6.07, 6.45) is 0.730. The van der Waals surface area contributed by atoms with E-state index in [1.807, 2.05) is 45.0 Å². The Morgan fingerprint density at radius 2 is 2.00 bits per heavy atom. The zero-order valence-corrected chi connectivity index (χ0v) is 16.2. The van der Waals surface area contributed by atoms with E-state index in [1.54, 1.807) is 16.7 Å². The molecule has 2 heterocycles. The Labute approximate surface area is 157 Å². The molecule has 3 rings (SSSR count). The highest BCUT2D eigenvalue weighted by Crippen LogP contribution is 2.30. The quantitative estimate of drug-likeness (QED) is 0.727. The molecule has 1 aromatic carbocycles. The number of benzene rings is 1. The fourth-order valence-corrected chi connectivity index (χ4v) is 4.00. The highest BCUT2D eigenvalue weighted by molar-refractivity contribution is 7.99. The first-order valence-corrected chi connectivity index (χ1v) is 9.71. The number of rotatable bonds is 3. The second-order valence-corrected chi connectivity index (χ2v) is 8.57. The van der Waals surface area contributed by atoms with Gasteiger partial charge in [-0.15, -0.1) is 11.8 Å². The highest BCUT2D eigenvalue weighted by atomic mass is 35.5. The van der Waals surface area contributed by atoms with E-state index in [1.165, 1.54) is 0 Å². The topological polar surface area (TPSA) is 55.3 Å². The second kappa shape index (κ2) is 7.38. The highest BCUT2D eigenvalue weighted by Gasteiger charge is 2.30. The zero-order chi connectivity index (χ0) is 18.0. The van der Waals surface area contributed by atoms with Gasteiger partial charge in [0.2, 0.25) is 0 Å². The molecule has 25 heavy (non-hydrogen) atoms. The normalized spacial score (nSPS) is 17.9. The maximum atomic E-state index is 12.1. The van der Waals surface area contributed by atoms with Gasteiger partial charge in [-0.1, -0.05) is 23.7 Å². The Balaban J connectivity index is 1.58. The number of ether oxygens (including phenoxy) is 1. The van der Waals surface area contributed by atoms with Gasteiger partial charge in [0.25, 0.3) is 0 Å². The summed E-state index contributed by atoms with van der Waals surface area (Å²) in [5.41, 5.74) is 1.18. The van der Waals surface area contributed by atoms with Crippen LogP contribution in [0.25, 0.3) is 11.0 Å². The molecule has 5 nitrogen and oxygen atoms in total. The van der Waals surface area contributed by atoms with E-state index in [0.29, 0.717) is 17.6 Å². The first-order valence-electron chi connectivity index (χ1n) is 8.35. The number of halogens is 1. The standard InChI is InChI=1S/C18H22ClN3O2S/c1-18(2,3)24-17(23)22-9-8-12(10-22)11-25-16-15(19)20-13-6-4-5-7-14(13)21-16/h4-7,12H,8-11H2,1-3H3/t12-/m1/s1. The average molecular weight is 380 g/mol. The van der Waals surface area contributed by atoms with E-state index >= 15 is 0 Å². The van der Waals surface area contributed by atoms with Crippen molar-refractivity contribution in [2.45, 2.75) is 37.8 Å². The lowest BCUT2D eigenvalue weighted by Crippen LogP contribution is -2.35. The largest absolute Gasteiger partial charge is 0.444 e. The molecule has 0 N–H and O–H groups in total. The number of thioether (sulfide) groups is 1. The molecule has 0 bridgehead atoms. The molecule has 0 aliphatic carbocycles. The molecule has 1 aromatic heterocycles. The molecule has 0 spiro atoms. The van der Waals surface area contributed by atoms with Crippen molar-refractivity contribution in [2.24, 2.45) is 5.92 Å². The van der Waals surface area contributed by atoms with Crippen LogP contribution in [0.15, 0.2) is 29.3 Å². The van der Waals surface area contributed by atoms with Crippen molar-refractivity contribution < 1.29 is 9.53 Å². The van der Waals surface area contributed by atoms with Crippen molar-refractivity contribution in [3.05, 3.63) is 29.4 Å². The van der Waals surface area contributed by atoms with Gasteiger partial charge in [0.15, 0.2) is 5.15 Å². The van der Waals surface area contributed by atoms with Crippen molar-refractivity contribution in [2.75, 3.05) is 18.8 Å². The summed E-state index contributed by atoms with van der Waals surface area (Å²) in [6.45, 7) is 7.09. The monoisotopic (exact) mass is 379 g/mol. The number of para-hydroxylation sites is 2. The number of hydrogen-bond donors (Lipinski definition) is 0. The molecule has 1 aliphatic rings. The van der Waals surface area contributed by atoms with Gasteiger partial charge < -0.3 is 9.64 Å². The van der Waals surface area contributed by atoms with Gasteiger partial charge in [0.1, 0.15) is 10.6 Å². The van der Waals surface area contributed by atoms with Crippen LogP contribution in [-0.2, 0) is 4.74 Å². The van der Waals surface area contributed by atoms with Crippen LogP contribution in [0.2, 0.25) is 5.15 Å². The molecule has 1 fully saturated rings. The van der Waals surface area contributed by atoms with Crippen molar-refractivity contribution >= 4 is 40.5 Å². The number of amides is 1. The number of hydrogen-bond acceptors (Lipinski definition) is 5. The van der Waals surface area contributed by atoms with Gasteiger partial charge in [-0.2, -0.15) is 0 Å². The zero-order valence-electron chi connectivity index (χ0n) is 14.7. The van der Waals surface area contributed by atoms with E-state index in [4.69, 9.17) is 16.3 Å². The van der Waals surface area contributed by atoms with Crippen molar-refractivity contribution in [1.82, 2.24) is 14.9 Å². The summed E-state index contributed by atoms with van der Waals surface area (Å²) in [7, 11) is 0. The third kappa shape index (κ3) is 4.76. The maximum absolute atomic E-state index is 12.1. The smallest absolute Gasteiger partial charge is 0.410 e. The van der Waals surface area contributed by atoms with Crippen LogP contribution >= 0.6 is 23.4 Å². The predicted octanol–water partition coefficient (Wildman–Crippen LogP) is 4.63. The van der Waals surface area contributed by atoms with Crippen LogP contribution in [0.1, 0.15) is 27.2 Å². The Morgan fingerprint density at radius 3 is 2.68 bits per heavy atom. The van der Waals surface area contributed by atoms with Gasteiger partial charge >= 0.3 is 6.09 Å². The second-order valence-electron chi connectivity index (χ2n) is 7.20. The van der Waals surface area contributed by atoms with E-state index < -0.39 is 5.60 Å². The molecule has 0 saturated carbocycles. The molecule has 1 atom stereocenters. The van der Waals surface area contributed by atoms with Crippen LogP contribution in [-0.4, -0.2) is 45.4 Å². The molecule has 1 aliphatic heterocycles. The molecule has 1 amide bonds. The van der Waals surface area contributed by atoms with Gasteiger partial charge in [0, 0.05) is 18.8 Å². The van der Waals surface area contributed by atoms with E-state index in [2.05, 4.69) is 9.97 Å². The fraction of sp³-hybridized carbons (Fsp3) is 0.500. The number of fused-ring (bicyclic) bond motifs is 1. The molecular weight excluding hydrogens is 358 g/mol. The van der Waals surface area contributed by atoms with Crippen LogP contribution < -0.4 is 0 Å². The third-order valence-corrected chi connectivity index (χ3v) is 5.46. The van der Waals surface area contributed by atoms with Gasteiger partial charge in [-0.25, -0.2) is 14.8 Å². The number of likely N-dealkylation sites (tertiary alicyclic amines) is 1. The fourth-order valence-electron chi connectivity index (χ4n) is 2.71. The van der Waals surface area contributed by atoms with E-state index in [0.717, 1.165) is 34.8 Å². The minimum Gasteiger partial charge on any atom is -0.444 e. The minimum absolute atomic E-state index is 0.233. The lowest BCUT2D eigenvalue weighted by atomic mass is 10.2. The van der Waals surface area contributed by atoms with Crippen LogP contribution in [0.5, 0.6) is 0 Å². The number of carbonyl (C=O) groups is 1. The molecule has 134 valence electrons. The first kappa shape index (κ1) is 18.3. The van der Waals surface area contributed by atoms with Gasteiger partial charge in [-0.05, 0) is 45.2 Å². The predicted molar refractivity (Wildman–Crippen MR) is 101 cm³/mol. The molecule has 0 radical (unpaired) electrons. The van der Waals surface area contributed by atoms with E-state index in [-0.39, 0.29) is 6.09 Å². The van der Waals surface area contributed by atoms with Crippen molar-refractivity contribution in [1.29, 1.82) is 0 Å². The van der Waals surface area contributed by atoms with Gasteiger partial charge in [0.05, 0.1) is 11.0 Å². The SMILES string of the molecule is CC(C)(C)OC(=O)N1CC[C@@H](CSc2nc3ccccc3nc2Cl)C1. The molecule has 7 heteroatoms. The number of carbonyl (C=O) groups excluding carboxylic acids is 1. The lowest BCUT2D eigenvalue weighted by Gasteiger charge is -2.24. The van der Waals surface area contributed by atoms with E-state index in [9.17, 15) is 4.79 Å². The van der Waals surface area contributed by atoms with Crippen LogP contribution in [0, 0.1) is 5.92 Å². The Morgan fingerprint density at radius 1 is 1.32 bits per heavy atom. The third-order valence-electron chi connectivity index (χ3n) is 3.89. The summed E-state index contributed by atoms with van der Waals surface area (Å²) in [4.78, 5) is 22.9. The Hall–Kier alpha value is -1.53. The molecule has 0 unspecified atom stereocenters. The summed E-state index contributed by atoms with van der Waals surface area (Å²) < 4.78 is 5.44.